The first-order chi connectivity index (χ1) is 7.47. The maximum atomic E-state index is 4.26. The monoisotopic (exact) mass is 216 g/mol. The molecule has 3 fully saturated rings. The van der Waals surface area contributed by atoms with Crippen molar-refractivity contribution in [2.75, 3.05) is 0 Å². The van der Waals surface area contributed by atoms with E-state index in [4.69, 9.17) is 0 Å². The Balaban J connectivity index is 2.06. The molecule has 3 atom stereocenters. The van der Waals surface area contributed by atoms with E-state index in [2.05, 4.69) is 40.0 Å². The molecule has 0 aliphatic heterocycles. The molecule has 0 saturated heterocycles. The number of hydrogen-bond donors (Lipinski definition) is 0. The molecule has 16 heavy (non-hydrogen) atoms. The molecular formula is C16H24. The van der Waals surface area contributed by atoms with E-state index in [0.717, 1.165) is 5.92 Å². The maximum absolute atomic E-state index is 4.26. The van der Waals surface area contributed by atoms with Gasteiger partial charge in [-0.3, -0.25) is 0 Å². The molecular weight excluding hydrogens is 192 g/mol. The average molecular weight is 216 g/mol. The highest BCUT2D eigenvalue weighted by atomic mass is 14.6. The lowest BCUT2D eigenvalue weighted by Crippen LogP contribution is -2.52. The zero-order valence-electron chi connectivity index (χ0n) is 11.0. The molecule has 0 amide bonds. The van der Waals surface area contributed by atoms with Gasteiger partial charge in [0.05, 0.1) is 0 Å². The van der Waals surface area contributed by atoms with E-state index in [1.165, 1.54) is 42.4 Å². The minimum atomic E-state index is 0.471. The molecule has 3 aliphatic carbocycles. The van der Waals surface area contributed by atoms with Gasteiger partial charge in [0.15, 0.2) is 0 Å². The molecule has 3 unspecified atom stereocenters. The summed E-state index contributed by atoms with van der Waals surface area (Å²) >= 11 is 0. The Hall–Kier alpha value is -0.780. The lowest BCUT2D eigenvalue weighted by molar-refractivity contribution is 0.0237. The molecule has 0 spiro atoms. The Bertz CT molecular complexity index is 346. The molecule has 0 nitrogen and oxygen atoms in total. The quantitative estimate of drug-likeness (QED) is 0.589. The lowest BCUT2D eigenvalue weighted by Gasteiger charge is -2.61. The SMILES string of the molecule is C=C1CCC2C(=C)C1C2(C)CCC=C(C)C. The maximum Gasteiger partial charge on any atom is 0.00642 e. The van der Waals surface area contributed by atoms with Crippen LogP contribution in [0, 0.1) is 17.3 Å². The van der Waals surface area contributed by atoms with Crippen LogP contribution in [0.2, 0.25) is 0 Å². The summed E-state index contributed by atoms with van der Waals surface area (Å²) in [5, 5.41) is 0. The summed E-state index contributed by atoms with van der Waals surface area (Å²) in [4.78, 5) is 0. The molecule has 0 aromatic rings. The summed E-state index contributed by atoms with van der Waals surface area (Å²) in [7, 11) is 0. The minimum absolute atomic E-state index is 0.471. The minimum Gasteiger partial charge on any atom is -0.0992 e. The van der Waals surface area contributed by atoms with Gasteiger partial charge in [-0.05, 0) is 50.9 Å². The zero-order chi connectivity index (χ0) is 11.9. The van der Waals surface area contributed by atoms with Gasteiger partial charge in [0, 0.05) is 5.92 Å². The molecule has 3 saturated carbocycles. The van der Waals surface area contributed by atoms with Crippen molar-refractivity contribution in [3.8, 4) is 0 Å². The van der Waals surface area contributed by atoms with Crippen molar-refractivity contribution in [3.63, 3.8) is 0 Å². The Morgan fingerprint density at radius 1 is 1.44 bits per heavy atom. The van der Waals surface area contributed by atoms with Crippen molar-refractivity contribution in [2.24, 2.45) is 17.3 Å². The summed E-state index contributed by atoms with van der Waals surface area (Å²) in [6.07, 6.45) is 7.40. The smallest absolute Gasteiger partial charge is 0.00642 e. The third-order valence-electron chi connectivity index (χ3n) is 4.67. The number of hydrogen-bond acceptors (Lipinski definition) is 0. The van der Waals surface area contributed by atoms with Gasteiger partial charge in [-0.1, -0.05) is 42.9 Å². The van der Waals surface area contributed by atoms with Crippen LogP contribution in [-0.4, -0.2) is 0 Å². The van der Waals surface area contributed by atoms with Gasteiger partial charge in [0.25, 0.3) is 0 Å². The molecule has 0 heterocycles. The van der Waals surface area contributed by atoms with Crippen molar-refractivity contribution >= 4 is 0 Å². The molecule has 2 bridgehead atoms. The second kappa shape index (κ2) is 3.91. The second-order valence-electron chi connectivity index (χ2n) is 6.08. The standard InChI is InChI=1S/C16H24/c1-11(2)7-6-10-16(5)14-9-8-12(3)15(16)13(14)4/h7,14-15H,3-4,6,8-10H2,1-2,5H3. The first-order valence-electron chi connectivity index (χ1n) is 6.46. The van der Waals surface area contributed by atoms with Gasteiger partial charge < -0.3 is 0 Å². The summed E-state index contributed by atoms with van der Waals surface area (Å²) < 4.78 is 0. The van der Waals surface area contributed by atoms with Gasteiger partial charge in [-0.2, -0.15) is 0 Å². The fraction of sp³-hybridized carbons (Fsp3) is 0.625. The van der Waals surface area contributed by atoms with Crippen LogP contribution in [-0.2, 0) is 0 Å². The van der Waals surface area contributed by atoms with Gasteiger partial charge >= 0.3 is 0 Å². The first kappa shape index (κ1) is 11.7. The second-order valence-corrected chi connectivity index (χ2v) is 6.08. The van der Waals surface area contributed by atoms with Crippen molar-refractivity contribution < 1.29 is 0 Å². The third kappa shape index (κ3) is 1.59. The molecule has 3 aliphatic rings. The molecule has 0 N–H and O–H groups in total. The van der Waals surface area contributed by atoms with E-state index >= 15 is 0 Å². The van der Waals surface area contributed by atoms with Crippen LogP contribution in [0.25, 0.3) is 0 Å². The van der Waals surface area contributed by atoms with Crippen LogP contribution in [0.4, 0.5) is 0 Å². The van der Waals surface area contributed by atoms with Crippen molar-refractivity contribution in [1.82, 2.24) is 0 Å². The summed E-state index contributed by atoms with van der Waals surface area (Å²) in [5.41, 5.74) is 4.81. The Morgan fingerprint density at radius 2 is 2.12 bits per heavy atom. The fourth-order valence-electron chi connectivity index (χ4n) is 3.86. The third-order valence-corrected chi connectivity index (χ3v) is 4.67. The number of fused-ring (bicyclic) bond motifs is 2. The van der Waals surface area contributed by atoms with Gasteiger partial charge in [-0.15, -0.1) is 0 Å². The van der Waals surface area contributed by atoms with E-state index < -0.39 is 0 Å². The molecule has 0 aromatic heterocycles. The Kier molecular flexibility index (Phi) is 2.86. The topological polar surface area (TPSA) is 0 Å². The molecule has 0 aromatic carbocycles. The fourth-order valence-corrected chi connectivity index (χ4v) is 3.86. The van der Waals surface area contributed by atoms with Crippen LogP contribution in [0.3, 0.4) is 0 Å². The van der Waals surface area contributed by atoms with Crippen LogP contribution in [0.5, 0.6) is 0 Å². The average Bonchev–Trinajstić information content (AvgIpc) is 2.16. The van der Waals surface area contributed by atoms with Crippen LogP contribution < -0.4 is 0 Å². The van der Waals surface area contributed by atoms with Gasteiger partial charge in [-0.25, -0.2) is 0 Å². The summed E-state index contributed by atoms with van der Waals surface area (Å²) in [6, 6.07) is 0. The van der Waals surface area contributed by atoms with Crippen molar-refractivity contribution in [3.05, 3.63) is 36.0 Å². The largest absolute Gasteiger partial charge is 0.0992 e. The van der Waals surface area contributed by atoms with Crippen LogP contribution in [0.1, 0.15) is 46.5 Å². The highest BCUT2D eigenvalue weighted by molar-refractivity contribution is 5.38. The first-order valence-corrected chi connectivity index (χ1v) is 6.46. The van der Waals surface area contributed by atoms with E-state index in [-0.39, 0.29) is 0 Å². The summed E-state index contributed by atoms with van der Waals surface area (Å²) in [6.45, 7) is 15.3. The molecule has 0 radical (unpaired) electrons. The van der Waals surface area contributed by atoms with Gasteiger partial charge in [0.2, 0.25) is 0 Å². The predicted octanol–water partition coefficient (Wildman–Crippen LogP) is 4.89. The zero-order valence-corrected chi connectivity index (χ0v) is 11.0. The van der Waals surface area contributed by atoms with E-state index in [1.807, 2.05) is 0 Å². The van der Waals surface area contributed by atoms with Crippen molar-refractivity contribution in [1.29, 1.82) is 0 Å². The highest BCUT2D eigenvalue weighted by Gasteiger charge is 2.56. The summed E-state index contributed by atoms with van der Waals surface area (Å²) in [5.74, 6) is 1.39. The van der Waals surface area contributed by atoms with Crippen molar-refractivity contribution in [2.45, 2.75) is 46.5 Å². The predicted molar refractivity (Wildman–Crippen MR) is 71.3 cm³/mol. The van der Waals surface area contributed by atoms with E-state index in [0.29, 0.717) is 11.3 Å². The number of allylic oxidation sites excluding steroid dienone is 4. The number of rotatable bonds is 3. The van der Waals surface area contributed by atoms with Crippen LogP contribution in [0.15, 0.2) is 36.0 Å². The normalized spacial score (nSPS) is 36.9. The van der Waals surface area contributed by atoms with E-state index in [1.54, 1.807) is 0 Å². The Labute approximate surface area is 100 Å². The molecule has 3 rings (SSSR count). The van der Waals surface area contributed by atoms with Crippen LogP contribution >= 0.6 is 0 Å². The molecule has 0 heteroatoms. The van der Waals surface area contributed by atoms with E-state index in [9.17, 15) is 0 Å². The molecule has 88 valence electrons. The van der Waals surface area contributed by atoms with Gasteiger partial charge in [0.1, 0.15) is 0 Å². The Morgan fingerprint density at radius 3 is 2.62 bits per heavy atom. The highest BCUT2D eigenvalue weighted by Crippen LogP contribution is 2.65. The lowest BCUT2D eigenvalue weighted by atomic mass is 9.43.